The quantitative estimate of drug-likeness (QED) is 0.852. The van der Waals surface area contributed by atoms with E-state index in [0.717, 1.165) is 14.9 Å². The maximum atomic E-state index is 11.4. The normalized spacial score (nSPS) is 10.4. The minimum atomic E-state index is -0.467. The standard InChI is InChI=1S/C13H14ClN3OS/c1-17(7-9-3-5-12(14)19-9)11-6-8(15)2-4-10(11)13(16)18/h2-6H,7,15H2,1H3,(H2,16,18). The lowest BCUT2D eigenvalue weighted by Gasteiger charge is -2.21. The first-order valence-corrected chi connectivity index (χ1v) is 6.81. The molecule has 0 bridgehead atoms. The highest BCUT2D eigenvalue weighted by atomic mass is 35.5. The summed E-state index contributed by atoms with van der Waals surface area (Å²) in [6, 6.07) is 8.86. The van der Waals surface area contributed by atoms with E-state index in [1.165, 1.54) is 11.3 Å². The largest absolute Gasteiger partial charge is 0.399 e. The van der Waals surface area contributed by atoms with Crippen LogP contribution in [0.3, 0.4) is 0 Å². The number of hydrogen-bond acceptors (Lipinski definition) is 4. The number of thiophene rings is 1. The summed E-state index contributed by atoms with van der Waals surface area (Å²) in [6.07, 6.45) is 0. The van der Waals surface area contributed by atoms with E-state index in [1.807, 2.05) is 24.1 Å². The molecule has 0 saturated carbocycles. The number of primary amides is 1. The van der Waals surface area contributed by atoms with E-state index < -0.39 is 5.91 Å². The minimum absolute atomic E-state index is 0.458. The zero-order chi connectivity index (χ0) is 14.0. The van der Waals surface area contributed by atoms with Gasteiger partial charge in [-0.3, -0.25) is 4.79 Å². The predicted octanol–water partition coefficient (Wildman–Crippen LogP) is 2.72. The number of halogens is 1. The number of nitrogen functional groups attached to an aromatic ring is 1. The molecule has 4 nitrogen and oxygen atoms in total. The number of rotatable bonds is 4. The Morgan fingerprint density at radius 3 is 2.68 bits per heavy atom. The molecule has 0 aliphatic heterocycles. The van der Waals surface area contributed by atoms with Gasteiger partial charge in [0.1, 0.15) is 0 Å². The zero-order valence-corrected chi connectivity index (χ0v) is 12.0. The van der Waals surface area contributed by atoms with Gasteiger partial charge in [0.2, 0.25) is 0 Å². The molecule has 0 atom stereocenters. The van der Waals surface area contributed by atoms with E-state index in [4.69, 9.17) is 23.1 Å². The first-order valence-electron chi connectivity index (χ1n) is 5.62. The number of carbonyl (C=O) groups is 1. The van der Waals surface area contributed by atoms with Gasteiger partial charge >= 0.3 is 0 Å². The smallest absolute Gasteiger partial charge is 0.250 e. The molecule has 1 amide bonds. The molecule has 1 aromatic heterocycles. The van der Waals surface area contributed by atoms with Crippen molar-refractivity contribution < 1.29 is 4.79 Å². The Balaban J connectivity index is 2.29. The Bertz CT molecular complexity index is 612. The Kier molecular flexibility index (Phi) is 3.97. The highest BCUT2D eigenvalue weighted by Crippen LogP contribution is 2.27. The summed E-state index contributed by atoms with van der Waals surface area (Å²) in [5.74, 6) is -0.467. The predicted molar refractivity (Wildman–Crippen MR) is 80.8 cm³/mol. The first kappa shape index (κ1) is 13.7. The molecule has 2 aromatic rings. The number of amides is 1. The lowest BCUT2D eigenvalue weighted by molar-refractivity contribution is 0.100. The topological polar surface area (TPSA) is 72.3 Å². The highest BCUT2D eigenvalue weighted by Gasteiger charge is 2.13. The van der Waals surface area contributed by atoms with E-state index in [-0.39, 0.29) is 0 Å². The van der Waals surface area contributed by atoms with Gasteiger partial charge in [-0.25, -0.2) is 0 Å². The fourth-order valence-electron chi connectivity index (χ4n) is 1.83. The summed E-state index contributed by atoms with van der Waals surface area (Å²) in [6.45, 7) is 0.640. The number of benzene rings is 1. The van der Waals surface area contributed by atoms with Gasteiger partial charge in [-0.2, -0.15) is 0 Å². The van der Waals surface area contributed by atoms with Gasteiger partial charge in [0, 0.05) is 17.6 Å². The summed E-state index contributed by atoms with van der Waals surface area (Å²) in [4.78, 5) is 14.5. The van der Waals surface area contributed by atoms with Gasteiger partial charge in [0.15, 0.2) is 0 Å². The molecular formula is C13H14ClN3OS. The van der Waals surface area contributed by atoms with Crippen LogP contribution in [0.5, 0.6) is 0 Å². The van der Waals surface area contributed by atoms with Gasteiger partial charge in [-0.15, -0.1) is 11.3 Å². The third-order valence-corrected chi connectivity index (χ3v) is 3.94. The monoisotopic (exact) mass is 295 g/mol. The molecular weight excluding hydrogens is 282 g/mol. The van der Waals surface area contributed by atoms with Crippen LogP contribution in [-0.4, -0.2) is 13.0 Å². The molecule has 0 aliphatic rings. The molecule has 0 unspecified atom stereocenters. The van der Waals surface area contributed by atoms with Crippen molar-refractivity contribution in [3.63, 3.8) is 0 Å². The summed E-state index contributed by atoms with van der Waals surface area (Å²) < 4.78 is 0.742. The van der Waals surface area contributed by atoms with Crippen LogP contribution in [0.4, 0.5) is 11.4 Å². The van der Waals surface area contributed by atoms with E-state index in [9.17, 15) is 4.79 Å². The van der Waals surface area contributed by atoms with Crippen LogP contribution in [0.2, 0.25) is 4.34 Å². The third kappa shape index (κ3) is 3.19. The van der Waals surface area contributed by atoms with Crippen LogP contribution in [0, 0.1) is 0 Å². The van der Waals surface area contributed by atoms with Crippen molar-refractivity contribution in [3.8, 4) is 0 Å². The van der Waals surface area contributed by atoms with Crippen molar-refractivity contribution in [3.05, 3.63) is 45.1 Å². The van der Waals surface area contributed by atoms with Crippen molar-refractivity contribution in [2.75, 3.05) is 17.7 Å². The second kappa shape index (κ2) is 5.50. The van der Waals surface area contributed by atoms with Crippen LogP contribution >= 0.6 is 22.9 Å². The molecule has 0 fully saturated rings. The van der Waals surface area contributed by atoms with E-state index >= 15 is 0 Å². The van der Waals surface area contributed by atoms with E-state index in [1.54, 1.807) is 18.2 Å². The molecule has 100 valence electrons. The van der Waals surface area contributed by atoms with E-state index in [2.05, 4.69) is 0 Å². The van der Waals surface area contributed by atoms with Gasteiger partial charge in [0.25, 0.3) is 5.91 Å². The second-order valence-corrected chi connectivity index (χ2v) is 6.00. The second-order valence-electron chi connectivity index (χ2n) is 4.20. The molecule has 4 N–H and O–H groups in total. The summed E-state index contributed by atoms with van der Waals surface area (Å²) in [5, 5.41) is 0. The molecule has 0 saturated heterocycles. The fourth-order valence-corrected chi connectivity index (χ4v) is 2.97. The Hall–Kier alpha value is -1.72. The number of carbonyl (C=O) groups excluding carboxylic acids is 1. The van der Waals surface area contributed by atoms with Crippen molar-refractivity contribution in [1.29, 1.82) is 0 Å². The number of nitrogens with zero attached hydrogens (tertiary/aromatic N) is 1. The SMILES string of the molecule is CN(Cc1ccc(Cl)s1)c1cc(N)ccc1C(N)=O. The average molecular weight is 296 g/mol. The minimum Gasteiger partial charge on any atom is -0.399 e. The average Bonchev–Trinajstić information content (AvgIpc) is 2.74. The summed E-state index contributed by atoms with van der Waals surface area (Å²) in [5.41, 5.74) is 12.9. The number of nitrogens with two attached hydrogens (primary N) is 2. The Labute approximate surface area is 120 Å². The highest BCUT2D eigenvalue weighted by molar-refractivity contribution is 7.16. The molecule has 0 spiro atoms. The maximum Gasteiger partial charge on any atom is 0.250 e. The van der Waals surface area contributed by atoms with Crippen molar-refractivity contribution in [2.24, 2.45) is 5.73 Å². The summed E-state index contributed by atoms with van der Waals surface area (Å²) >= 11 is 7.41. The Morgan fingerprint density at radius 2 is 2.11 bits per heavy atom. The maximum absolute atomic E-state index is 11.4. The van der Waals surface area contributed by atoms with Gasteiger partial charge in [-0.1, -0.05) is 11.6 Å². The van der Waals surface area contributed by atoms with Crippen molar-refractivity contribution >= 4 is 40.2 Å². The van der Waals surface area contributed by atoms with Crippen LogP contribution in [0.15, 0.2) is 30.3 Å². The molecule has 0 radical (unpaired) electrons. The van der Waals surface area contributed by atoms with Crippen LogP contribution in [0.25, 0.3) is 0 Å². The molecule has 0 aliphatic carbocycles. The number of hydrogen-bond donors (Lipinski definition) is 2. The van der Waals surface area contributed by atoms with Gasteiger partial charge in [-0.05, 0) is 30.3 Å². The molecule has 1 heterocycles. The fraction of sp³-hybridized carbons (Fsp3) is 0.154. The van der Waals surface area contributed by atoms with Crippen LogP contribution < -0.4 is 16.4 Å². The van der Waals surface area contributed by atoms with E-state index in [0.29, 0.717) is 17.8 Å². The molecule has 19 heavy (non-hydrogen) atoms. The Morgan fingerprint density at radius 1 is 1.37 bits per heavy atom. The molecule has 1 aromatic carbocycles. The first-order chi connectivity index (χ1) is 8.97. The van der Waals surface area contributed by atoms with Crippen molar-refractivity contribution in [2.45, 2.75) is 6.54 Å². The summed E-state index contributed by atoms with van der Waals surface area (Å²) in [7, 11) is 1.88. The third-order valence-electron chi connectivity index (χ3n) is 2.72. The molecule has 2 rings (SSSR count). The molecule has 6 heteroatoms. The number of anilines is 2. The van der Waals surface area contributed by atoms with Crippen LogP contribution in [-0.2, 0) is 6.54 Å². The lowest BCUT2D eigenvalue weighted by Crippen LogP contribution is -2.21. The van der Waals surface area contributed by atoms with Crippen molar-refractivity contribution in [1.82, 2.24) is 0 Å². The van der Waals surface area contributed by atoms with Gasteiger partial charge < -0.3 is 16.4 Å². The zero-order valence-electron chi connectivity index (χ0n) is 10.4. The van der Waals surface area contributed by atoms with Gasteiger partial charge in [0.05, 0.1) is 22.1 Å². The van der Waals surface area contributed by atoms with Crippen LogP contribution in [0.1, 0.15) is 15.2 Å². The lowest BCUT2D eigenvalue weighted by atomic mass is 10.1.